The molecule has 1 aliphatic heterocycles. The summed E-state index contributed by atoms with van der Waals surface area (Å²) in [6.07, 6.45) is 1.59. The lowest BCUT2D eigenvalue weighted by Crippen LogP contribution is -2.54. The number of alkyl halides is 1. The summed E-state index contributed by atoms with van der Waals surface area (Å²) >= 11 is 0. The molecule has 0 aromatic heterocycles. The monoisotopic (exact) mass is 201 g/mol. The van der Waals surface area contributed by atoms with Crippen LogP contribution in [0.15, 0.2) is 0 Å². The van der Waals surface area contributed by atoms with Crippen molar-refractivity contribution in [1.82, 2.24) is 10.2 Å². The Morgan fingerprint density at radius 2 is 2.07 bits per heavy atom. The molecule has 0 spiro atoms. The number of carbonyl (C=O) groups excluding carboxylic acids is 1. The number of amides is 2. The smallest absolute Gasteiger partial charge is 0.315 e. The van der Waals surface area contributed by atoms with Gasteiger partial charge < -0.3 is 16.0 Å². The van der Waals surface area contributed by atoms with Crippen molar-refractivity contribution >= 4 is 6.03 Å². The third-order valence-corrected chi connectivity index (χ3v) is 2.86. The van der Waals surface area contributed by atoms with Gasteiger partial charge in [0.05, 0.1) is 0 Å². The Kier molecular flexibility index (Phi) is 2.58. The summed E-state index contributed by atoms with van der Waals surface area (Å²) in [7, 11) is 0. The molecule has 1 heterocycles. The number of carbonyl (C=O) groups is 1. The molecule has 0 aromatic rings. The van der Waals surface area contributed by atoms with E-state index < -0.39 is 12.2 Å². The normalized spacial score (nSPS) is 32.6. The lowest BCUT2D eigenvalue weighted by Gasteiger charge is -2.34. The van der Waals surface area contributed by atoms with Crippen LogP contribution in [0.1, 0.15) is 19.3 Å². The molecule has 1 aliphatic carbocycles. The topological polar surface area (TPSA) is 58.4 Å². The molecule has 2 atom stereocenters. The number of hydrogen-bond donors (Lipinski definition) is 2. The van der Waals surface area contributed by atoms with Gasteiger partial charge in [0.2, 0.25) is 0 Å². The zero-order valence-corrected chi connectivity index (χ0v) is 8.08. The lowest BCUT2D eigenvalue weighted by molar-refractivity contribution is 0.133. The van der Waals surface area contributed by atoms with E-state index in [1.54, 1.807) is 4.90 Å². The van der Waals surface area contributed by atoms with Crippen LogP contribution in [0.5, 0.6) is 0 Å². The van der Waals surface area contributed by atoms with E-state index in [0.717, 1.165) is 12.8 Å². The second-order valence-corrected chi connectivity index (χ2v) is 4.12. The summed E-state index contributed by atoms with van der Waals surface area (Å²) in [6.45, 7) is 1.06. The summed E-state index contributed by atoms with van der Waals surface area (Å²) < 4.78 is 13.1. The van der Waals surface area contributed by atoms with Gasteiger partial charge in [0.1, 0.15) is 6.17 Å². The highest BCUT2D eigenvalue weighted by molar-refractivity contribution is 5.73. The Balaban J connectivity index is 1.98. The minimum atomic E-state index is -0.852. The molecular formula is C9H16FN3O. The van der Waals surface area contributed by atoms with Crippen LogP contribution in [0.2, 0.25) is 0 Å². The fourth-order valence-corrected chi connectivity index (χ4v) is 2.09. The largest absolute Gasteiger partial charge is 0.351 e. The number of nitrogens with two attached hydrogens (primary N) is 1. The number of halogens is 1. The van der Waals surface area contributed by atoms with Crippen molar-refractivity contribution in [3.05, 3.63) is 0 Å². The number of urea groups is 1. The lowest BCUT2D eigenvalue weighted by atomic mass is 10.0. The molecule has 2 fully saturated rings. The Hall–Kier alpha value is -0.840. The van der Waals surface area contributed by atoms with Crippen LogP contribution < -0.4 is 11.1 Å². The van der Waals surface area contributed by atoms with Gasteiger partial charge in [-0.15, -0.1) is 0 Å². The summed E-state index contributed by atoms with van der Waals surface area (Å²) in [6, 6.07) is -0.193. The van der Waals surface area contributed by atoms with Crippen LogP contribution in [0, 0.1) is 0 Å². The molecule has 0 aromatic carbocycles. The highest BCUT2D eigenvalue weighted by Gasteiger charge is 2.38. The van der Waals surface area contributed by atoms with Crippen molar-refractivity contribution in [3.63, 3.8) is 0 Å². The zero-order chi connectivity index (χ0) is 10.1. The number of hydrogen-bond acceptors (Lipinski definition) is 2. The summed E-state index contributed by atoms with van der Waals surface area (Å²) in [5.74, 6) is 0. The highest BCUT2D eigenvalue weighted by Crippen LogP contribution is 2.30. The van der Waals surface area contributed by atoms with Crippen LogP contribution in [0.4, 0.5) is 9.18 Å². The second-order valence-electron chi connectivity index (χ2n) is 4.12. The summed E-state index contributed by atoms with van der Waals surface area (Å²) in [5.41, 5.74) is 5.29. The molecule has 0 radical (unpaired) electrons. The van der Waals surface area contributed by atoms with Gasteiger partial charge >= 0.3 is 6.03 Å². The van der Waals surface area contributed by atoms with Gasteiger partial charge in [-0.2, -0.15) is 0 Å². The van der Waals surface area contributed by atoms with E-state index in [4.69, 9.17) is 5.73 Å². The first-order valence-corrected chi connectivity index (χ1v) is 5.11. The van der Waals surface area contributed by atoms with Gasteiger partial charge in [-0.05, 0) is 12.8 Å². The first-order valence-electron chi connectivity index (χ1n) is 5.11. The molecule has 2 rings (SSSR count). The Labute approximate surface area is 82.6 Å². The first kappa shape index (κ1) is 9.71. The van der Waals surface area contributed by atoms with Crippen molar-refractivity contribution < 1.29 is 9.18 Å². The zero-order valence-electron chi connectivity index (χ0n) is 8.08. The van der Waals surface area contributed by atoms with Gasteiger partial charge in [-0.25, -0.2) is 9.18 Å². The van der Waals surface area contributed by atoms with Gasteiger partial charge in [0.25, 0.3) is 0 Å². The van der Waals surface area contributed by atoms with E-state index in [2.05, 4.69) is 5.32 Å². The standard InChI is InChI=1S/C9H16FN3O/c10-6-3-8(5-12-4-6)13(9(11)14)7-1-2-7/h6-8,12H,1-5H2,(H2,11,14)/t6-,8+/m0/s1. The van der Waals surface area contributed by atoms with Crippen molar-refractivity contribution in [1.29, 1.82) is 0 Å². The maximum atomic E-state index is 13.1. The molecular weight excluding hydrogens is 185 g/mol. The van der Waals surface area contributed by atoms with Gasteiger partial charge in [-0.1, -0.05) is 0 Å². The van der Waals surface area contributed by atoms with Crippen LogP contribution >= 0.6 is 0 Å². The fourth-order valence-electron chi connectivity index (χ4n) is 2.09. The molecule has 0 bridgehead atoms. The molecule has 80 valence electrons. The number of piperidine rings is 1. The molecule has 0 unspecified atom stereocenters. The van der Waals surface area contributed by atoms with Gasteiger partial charge in [0, 0.05) is 31.6 Å². The summed E-state index contributed by atoms with van der Waals surface area (Å²) in [4.78, 5) is 12.8. The Bertz CT molecular complexity index is 232. The van der Waals surface area contributed by atoms with E-state index in [0.29, 0.717) is 19.5 Å². The number of rotatable bonds is 2. The quantitative estimate of drug-likeness (QED) is 0.672. The van der Waals surface area contributed by atoms with Gasteiger partial charge in [-0.3, -0.25) is 0 Å². The fraction of sp³-hybridized carbons (Fsp3) is 0.889. The molecule has 1 saturated carbocycles. The van der Waals surface area contributed by atoms with Crippen molar-refractivity contribution in [3.8, 4) is 0 Å². The second kappa shape index (κ2) is 3.73. The average Bonchev–Trinajstić information content (AvgIpc) is 2.88. The molecule has 14 heavy (non-hydrogen) atoms. The number of primary amides is 1. The minimum Gasteiger partial charge on any atom is -0.351 e. The Morgan fingerprint density at radius 3 is 2.57 bits per heavy atom. The molecule has 1 saturated heterocycles. The van der Waals surface area contributed by atoms with E-state index >= 15 is 0 Å². The van der Waals surface area contributed by atoms with Crippen LogP contribution in [-0.4, -0.2) is 42.3 Å². The molecule has 5 heteroatoms. The van der Waals surface area contributed by atoms with Crippen molar-refractivity contribution in [2.45, 2.75) is 37.5 Å². The van der Waals surface area contributed by atoms with Gasteiger partial charge in [0.15, 0.2) is 0 Å². The third kappa shape index (κ3) is 1.97. The highest BCUT2D eigenvalue weighted by atomic mass is 19.1. The molecule has 4 nitrogen and oxygen atoms in total. The SMILES string of the molecule is NC(=O)N(C1CC1)[C@H]1CNC[C@@H](F)C1. The predicted molar refractivity (Wildman–Crippen MR) is 50.6 cm³/mol. The number of nitrogens with one attached hydrogen (secondary N) is 1. The molecule has 2 amide bonds. The van der Waals surface area contributed by atoms with E-state index in [1.807, 2.05) is 0 Å². The molecule has 2 aliphatic rings. The number of nitrogens with zero attached hydrogens (tertiary/aromatic N) is 1. The summed E-state index contributed by atoms with van der Waals surface area (Å²) in [5, 5.41) is 2.98. The predicted octanol–water partition coefficient (Wildman–Crippen LogP) is 0.230. The van der Waals surface area contributed by atoms with Crippen LogP contribution in [0.25, 0.3) is 0 Å². The Morgan fingerprint density at radius 1 is 1.36 bits per heavy atom. The van der Waals surface area contributed by atoms with E-state index in [9.17, 15) is 9.18 Å². The maximum Gasteiger partial charge on any atom is 0.315 e. The average molecular weight is 201 g/mol. The van der Waals surface area contributed by atoms with Crippen LogP contribution in [0.3, 0.4) is 0 Å². The van der Waals surface area contributed by atoms with E-state index in [1.165, 1.54) is 0 Å². The van der Waals surface area contributed by atoms with Crippen LogP contribution in [-0.2, 0) is 0 Å². The van der Waals surface area contributed by atoms with E-state index in [-0.39, 0.29) is 12.1 Å². The van der Waals surface area contributed by atoms with Crippen molar-refractivity contribution in [2.24, 2.45) is 5.73 Å². The first-order chi connectivity index (χ1) is 6.68. The van der Waals surface area contributed by atoms with Crippen molar-refractivity contribution in [2.75, 3.05) is 13.1 Å². The maximum absolute atomic E-state index is 13.1. The minimum absolute atomic E-state index is 0.0521. The molecule has 3 N–H and O–H groups in total. The third-order valence-electron chi connectivity index (χ3n) is 2.86.